The summed E-state index contributed by atoms with van der Waals surface area (Å²) in [4.78, 5) is 13.5. The Morgan fingerprint density at radius 1 is 1.04 bits per heavy atom. The zero-order valence-electron chi connectivity index (χ0n) is 14.3. The monoisotopic (exact) mass is 399 g/mol. The van der Waals surface area contributed by atoms with Gasteiger partial charge in [0.2, 0.25) is 5.78 Å². The molecular weight excluding hydrogens is 383 g/mol. The van der Waals surface area contributed by atoms with E-state index in [9.17, 15) is 9.18 Å². The molecule has 0 aliphatic heterocycles. The molecule has 0 aliphatic carbocycles. The fourth-order valence-electron chi connectivity index (χ4n) is 2.63. The normalized spacial score (nSPS) is 11.6. The van der Waals surface area contributed by atoms with E-state index in [0.717, 1.165) is 5.56 Å². The predicted octanol–water partition coefficient (Wildman–Crippen LogP) is 4.31. The van der Waals surface area contributed by atoms with Crippen LogP contribution in [0.3, 0.4) is 0 Å². The summed E-state index contributed by atoms with van der Waals surface area (Å²) in [6.07, 6.45) is 3.59. The number of aromatic nitrogens is 1. The van der Waals surface area contributed by atoms with Crippen molar-refractivity contribution in [3.05, 3.63) is 101 Å². The molecule has 1 aromatic heterocycles. The lowest BCUT2D eigenvalue weighted by atomic mass is 10.0. The molecule has 6 heteroatoms. The number of rotatable bonds is 6. The number of carbonyl (C=O) groups is 1. The summed E-state index contributed by atoms with van der Waals surface area (Å²) >= 11 is 11.5. The second-order valence-electron chi connectivity index (χ2n) is 5.94. The zero-order valence-corrected chi connectivity index (χ0v) is 15.9. The average Bonchev–Trinajstić information content (AvgIpc) is 2.69. The molecule has 1 heterocycles. The fraction of sp³-hybridized carbons (Fsp3) is 0.0952. The largest absolute Gasteiger partial charge is 0.370 e. The molecule has 0 saturated carbocycles. The van der Waals surface area contributed by atoms with Crippen molar-refractivity contribution >= 4 is 34.6 Å². The van der Waals surface area contributed by atoms with Crippen LogP contribution in [0.15, 0.2) is 79.1 Å². The van der Waals surface area contributed by atoms with Gasteiger partial charge in [-0.05, 0) is 42.0 Å². The van der Waals surface area contributed by atoms with Crippen LogP contribution >= 0.6 is 23.8 Å². The predicted molar refractivity (Wildman–Crippen MR) is 107 cm³/mol. The van der Waals surface area contributed by atoms with E-state index in [0.29, 0.717) is 22.1 Å². The molecule has 0 radical (unpaired) electrons. The first-order valence-corrected chi connectivity index (χ1v) is 9.11. The van der Waals surface area contributed by atoms with Gasteiger partial charge in [-0.15, -0.1) is 0 Å². The van der Waals surface area contributed by atoms with E-state index in [2.05, 4.69) is 5.32 Å². The van der Waals surface area contributed by atoms with E-state index < -0.39 is 6.04 Å². The highest BCUT2D eigenvalue weighted by molar-refractivity contribution is 7.80. The van der Waals surface area contributed by atoms with E-state index in [4.69, 9.17) is 23.8 Å². The zero-order chi connectivity index (χ0) is 19.2. The first-order valence-electron chi connectivity index (χ1n) is 8.32. The van der Waals surface area contributed by atoms with Crippen LogP contribution in [-0.4, -0.2) is 10.8 Å². The summed E-state index contributed by atoms with van der Waals surface area (Å²) < 4.78 is 14.8. The Morgan fingerprint density at radius 3 is 2.30 bits per heavy atom. The Balaban J connectivity index is 1.83. The quantitative estimate of drug-likeness (QED) is 0.381. The molecule has 2 aromatic carbocycles. The third-order valence-electron chi connectivity index (χ3n) is 4.04. The second-order valence-corrected chi connectivity index (χ2v) is 6.82. The molecule has 0 spiro atoms. The summed E-state index contributed by atoms with van der Waals surface area (Å²) in [5, 5.41) is 3.68. The number of pyridine rings is 1. The summed E-state index contributed by atoms with van der Waals surface area (Å²) in [6, 6.07) is 17.7. The first kappa shape index (κ1) is 19.1. The lowest BCUT2D eigenvalue weighted by Gasteiger charge is -2.15. The van der Waals surface area contributed by atoms with E-state index in [1.165, 1.54) is 12.1 Å². The van der Waals surface area contributed by atoms with Crippen molar-refractivity contribution in [3.63, 3.8) is 0 Å². The number of hydrogen-bond acceptors (Lipinski definition) is 2. The van der Waals surface area contributed by atoms with Gasteiger partial charge < -0.3 is 5.32 Å². The topological polar surface area (TPSA) is 33.0 Å². The Morgan fingerprint density at radius 2 is 1.67 bits per heavy atom. The third-order valence-corrected chi connectivity index (χ3v) is 4.66. The maximum atomic E-state index is 13.1. The van der Waals surface area contributed by atoms with Gasteiger partial charge in [0.25, 0.3) is 6.04 Å². The summed E-state index contributed by atoms with van der Waals surface area (Å²) in [5.74, 6) is -0.434. The van der Waals surface area contributed by atoms with Crippen LogP contribution in [0.5, 0.6) is 0 Å². The Bertz CT molecular complexity index is 931. The molecular formula is C21H17ClFN2OS+. The Kier molecular flexibility index (Phi) is 6.27. The number of nitrogens with one attached hydrogen (secondary N) is 1. The molecule has 27 heavy (non-hydrogen) atoms. The number of thiocarbonyl (C=S) groups is 1. The molecule has 0 saturated heterocycles. The molecule has 3 rings (SSSR count). The highest BCUT2D eigenvalue weighted by Crippen LogP contribution is 2.15. The minimum Gasteiger partial charge on any atom is -0.370 e. The third kappa shape index (κ3) is 4.96. The van der Waals surface area contributed by atoms with Crippen LogP contribution in [0.25, 0.3) is 0 Å². The van der Waals surface area contributed by atoms with Gasteiger partial charge in [-0.3, -0.25) is 4.79 Å². The van der Waals surface area contributed by atoms with Gasteiger partial charge >= 0.3 is 0 Å². The number of hydrogen-bond donors (Lipinski definition) is 1. The van der Waals surface area contributed by atoms with Gasteiger partial charge in [0.05, 0.1) is 0 Å². The van der Waals surface area contributed by atoms with Crippen LogP contribution in [0.2, 0.25) is 5.02 Å². The van der Waals surface area contributed by atoms with Gasteiger partial charge in [0, 0.05) is 29.3 Å². The fourth-order valence-corrected chi connectivity index (χ4v) is 3.06. The SMILES string of the molecule is O=C(c1ccc(Cl)cc1)[C@@H](C(=S)NCc1ccc(F)cc1)[n+]1ccccc1. The van der Waals surface area contributed by atoms with Crippen molar-refractivity contribution in [2.45, 2.75) is 12.6 Å². The van der Waals surface area contributed by atoms with Gasteiger partial charge in [-0.2, -0.15) is 4.57 Å². The number of benzene rings is 2. The number of ketones is 1. The van der Waals surface area contributed by atoms with Crippen molar-refractivity contribution < 1.29 is 13.8 Å². The smallest absolute Gasteiger partial charge is 0.270 e. The van der Waals surface area contributed by atoms with Crippen molar-refractivity contribution in [2.24, 2.45) is 0 Å². The number of carbonyl (C=O) groups excluding carboxylic acids is 1. The van der Waals surface area contributed by atoms with Gasteiger partial charge in [-0.25, -0.2) is 4.39 Å². The first-order chi connectivity index (χ1) is 13.0. The van der Waals surface area contributed by atoms with E-state index in [1.54, 1.807) is 53.4 Å². The second kappa shape index (κ2) is 8.84. The molecule has 3 nitrogen and oxygen atoms in total. The number of Topliss-reactive ketones (excluding diaryl/α,β-unsaturated/α-hetero) is 1. The van der Waals surface area contributed by atoms with E-state index in [1.807, 2.05) is 18.2 Å². The highest BCUT2D eigenvalue weighted by atomic mass is 35.5. The van der Waals surface area contributed by atoms with E-state index in [-0.39, 0.29) is 11.6 Å². The Hall–Kier alpha value is -2.63. The number of halogens is 2. The van der Waals surface area contributed by atoms with Crippen LogP contribution in [0.1, 0.15) is 22.0 Å². The van der Waals surface area contributed by atoms with Crippen LogP contribution < -0.4 is 9.88 Å². The van der Waals surface area contributed by atoms with Gasteiger partial charge in [0.1, 0.15) is 5.82 Å². The maximum absolute atomic E-state index is 13.1. The van der Waals surface area contributed by atoms with Crippen molar-refractivity contribution in [1.29, 1.82) is 0 Å². The summed E-state index contributed by atoms with van der Waals surface area (Å²) in [6.45, 7) is 0.400. The minimum absolute atomic E-state index is 0.139. The summed E-state index contributed by atoms with van der Waals surface area (Å²) in [7, 11) is 0. The minimum atomic E-state index is -0.692. The van der Waals surface area contributed by atoms with Crippen LogP contribution in [0.4, 0.5) is 4.39 Å². The molecule has 0 unspecified atom stereocenters. The molecule has 0 bridgehead atoms. The lowest BCUT2D eigenvalue weighted by molar-refractivity contribution is -0.692. The molecule has 0 fully saturated rings. The van der Waals surface area contributed by atoms with Crippen LogP contribution in [-0.2, 0) is 6.54 Å². The van der Waals surface area contributed by atoms with E-state index >= 15 is 0 Å². The van der Waals surface area contributed by atoms with Gasteiger partial charge in [-0.1, -0.05) is 42.0 Å². The molecule has 0 amide bonds. The van der Waals surface area contributed by atoms with Crippen molar-refractivity contribution in [3.8, 4) is 0 Å². The highest BCUT2D eigenvalue weighted by Gasteiger charge is 2.32. The Labute approximate surface area is 167 Å². The van der Waals surface area contributed by atoms with Gasteiger partial charge in [0.15, 0.2) is 17.4 Å². The number of nitrogens with zero attached hydrogens (tertiary/aromatic N) is 1. The van der Waals surface area contributed by atoms with Crippen LogP contribution in [0, 0.1) is 5.82 Å². The molecule has 1 atom stereocenters. The summed E-state index contributed by atoms with van der Waals surface area (Å²) in [5.41, 5.74) is 1.39. The molecule has 0 aliphatic rings. The lowest BCUT2D eigenvalue weighted by Crippen LogP contribution is -2.51. The molecule has 1 N–H and O–H groups in total. The molecule has 3 aromatic rings. The standard InChI is InChI=1S/C21H16ClFN2OS/c22-17-8-6-16(7-9-17)20(26)19(25-12-2-1-3-13-25)21(27)24-14-15-4-10-18(23)11-5-15/h1-13,19H,14H2/p+1/t19-/m0/s1. The molecule has 136 valence electrons. The maximum Gasteiger partial charge on any atom is 0.270 e. The van der Waals surface area contributed by atoms with Crippen molar-refractivity contribution in [2.75, 3.05) is 0 Å². The van der Waals surface area contributed by atoms with Crippen molar-refractivity contribution in [1.82, 2.24) is 5.32 Å². The average molecular weight is 400 g/mol.